The van der Waals surface area contributed by atoms with Crippen LogP contribution >= 0.6 is 0 Å². The molecule has 1 aliphatic carbocycles. The molecule has 3 atom stereocenters. The normalized spacial score (nSPS) is 22.3. The lowest BCUT2D eigenvalue weighted by molar-refractivity contribution is -0.140. The second-order valence-corrected chi connectivity index (χ2v) is 8.96. The van der Waals surface area contributed by atoms with Crippen molar-refractivity contribution in [2.24, 2.45) is 5.92 Å². The minimum Gasteiger partial charge on any atom is -0.496 e. The van der Waals surface area contributed by atoms with Gasteiger partial charge in [-0.05, 0) is 59.2 Å². The van der Waals surface area contributed by atoms with Gasteiger partial charge in [0, 0.05) is 48.6 Å². The lowest BCUT2D eigenvalue weighted by Crippen LogP contribution is -2.45. The molecule has 2 aliphatic rings. The Morgan fingerprint density at radius 1 is 1.20 bits per heavy atom. The zero-order valence-corrected chi connectivity index (χ0v) is 19.6. The summed E-state index contributed by atoms with van der Waals surface area (Å²) in [4.78, 5) is 15.4. The monoisotopic (exact) mass is 480 g/mol. The molecule has 10 heteroatoms. The predicted octanol–water partition coefficient (Wildman–Crippen LogP) is 2.53. The van der Waals surface area contributed by atoms with Gasteiger partial charge < -0.3 is 19.7 Å². The summed E-state index contributed by atoms with van der Waals surface area (Å²) < 4.78 is 24.7. The first-order valence-electron chi connectivity index (χ1n) is 11.9. The van der Waals surface area contributed by atoms with Crippen molar-refractivity contribution in [3.05, 3.63) is 59.4 Å². The average Bonchev–Trinajstić information content (AvgIpc) is 3.59. The van der Waals surface area contributed by atoms with Crippen LogP contribution in [-0.4, -0.2) is 70.9 Å². The van der Waals surface area contributed by atoms with E-state index in [1.807, 2.05) is 23.1 Å². The van der Waals surface area contributed by atoms with E-state index in [0.29, 0.717) is 38.7 Å². The largest absolute Gasteiger partial charge is 0.496 e. The van der Waals surface area contributed by atoms with Crippen LogP contribution in [0.4, 0.5) is 4.39 Å². The van der Waals surface area contributed by atoms with E-state index in [0.717, 1.165) is 35.3 Å². The Morgan fingerprint density at radius 2 is 2.00 bits per heavy atom. The number of halogens is 1. The number of carbonyl (C=O) groups excluding carboxylic acids is 1. The molecule has 1 aromatic heterocycles. The first-order chi connectivity index (χ1) is 17.1. The summed E-state index contributed by atoms with van der Waals surface area (Å²) in [6, 6.07) is 12.4. The third-order valence-electron chi connectivity index (χ3n) is 7.00. The van der Waals surface area contributed by atoms with E-state index >= 15 is 0 Å². The van der Waals surface area contributed by atoms with Crippen molar-refractivity contribution in [1.82, 2.24) is 30.8 Å². The topological polar surface area (TPSA) is 105 Å². The van der Waals surface area contributed by atoms with Crippen molar-refractivity contribution in [2.45, 2.75) is 31.3 Å². The van der Waals surface area contributed by atoms with Gasteiger partial charge >= 0.3 is 0 Å². The molecule has 1 saturated heterocycles. The first-order valence-corrected chi connectivity index (χ1v) is 11.9. The van der Waals surface area contributed by atoms with Crippen molar-refractivity contribution in [2.75, 3.05) is 33.4 Å². The maximum Gasteiger partial charge on any atom is 0.226 e. The maximum atomic E-state index is 13.7. The number of aromatic nitrogens is 4. The molecule has 1 saturated carbocycles. The van der Waals surface area contributed by atoms with Gasteiger partial charge in [0.25, 0.3) is 0 Å². The third kappa shape index (κ3) is 5.03. The number of nitrogens with zero attached hydrogens (tertiary/aromatic N) is 4. The lowest BCUT2D eigenvalue weighted by Gasteiger charge is -2.32. The maximum absolute atomic E-state index is 13.7. The molecule has 2 fully saturated rings. The smallest absolute Gasteiger partial charge is 0.226 e. The average molecular weight is 481 g/mol. The quantitative estimate of drug-likeness (QED) is 0.535. The van der Waals surface area contributed by atoms with Crippen LogP contribution in [0.5, 0.6) is 5.75 Å². The molecule has 0 unspecified atom stereocenters. The number of aromatic amines is 1. The molecule has 184 valence electrons. The van der Waals surface area contributed by atoms with E-state index in [1.54, 1.807) is 19.2 Å². The van der Waals surface area contributed by atoms with Crippen LogP contribution in [0.3, 0.4) is 0 Å². The summed E-state index contributed by atoms with van der Waals surface area (Å²) in [7, 11) is 1.64. The fraction of sp³-hybridized carbons (Fsp3) is 0.440. The van der Waals surface area contributed by atoms with E-state index in [4.69, 9.17) is 9.47 Å². The SMILES string of the molecule is COc1ccc(-c2nnn[nH]2)cc1CN[C@H]1CC[C@H](C(=O)N2CCOCC2)[C@H]1c1ccc(F)cc1. The number of morpholine rings is 1. The molecule has 5 rings (SSSR count). The summed E-state index contributed by atoms with van der Waals surface area (Å²) in [5.41, 5.74) is 2.79. The summed E-state index contributed by atoms with van der Waals surface area (Å²) in [6.45, 7) is 2.91. The van der Waals surface area contributed by atoms with Crippen LogP contribution < -0.4 is 10.1 Å². The highest BCUT2D eigenvalue weighted by molar-refractivity contribution is 5.80. The number of methoxy groups -OCH3 is 1. The van der Waals surface area contributed by atoms with Crippen molar-refractivity contribution >= 4 is 5.91 Å². The number of hydrogen-bond donors (Lipinski definition) is 2. The molecular formula is C25H29FN6O3. The number of nitrogens with one attached hydrogen (secondary N) is 2. The van der Waals surface area contributed by atoms with Crippen molar-refractivity contribution in [3.8, 4) is 17.1 Å². The number of H-pyrrole nitrogens is 1. The third-order valence-corrected chi connectivity index (χ3v) is 7.00. The molecule has 9 nitrogen and oxygen atoms in total. The van der Waals surface area contributed by atoms with Gasteiger partial charge in [0.1, 0.15) is 11.6 Å². The minimum atomic E-state index is -0.282. The Kier molecular flexibility index (Phi) is 7.01. The van der Waals surface area contributed by atoms with Gasteiger partial charge in [-0.1, -0.05) is 12.1 Å². The van der Waals surface area contributed by atoms with Crippen molar-refractivity contribution in [1.29, 1.82) is 0 Å². The molecule has 35 heavy (non-hydrogen) atoms. The fourth-order valence-corrected chi connectivity index (χ4v) is 5.26. The van der Waals surface area contributed by atoms with E-state index in [2.05, 4.69) is 25.9 Å². The molecular weight excluding hydrogens is 451 g/mol. The van der Waals surface area contributed by atoms with Gasteiger partial charge in [-0.15, -0.1) is 5.10 Å². The molecule has 1 aliphatic heterocycles. The van der Waals surface area contributed by atoms with Crippen LogP contribution in [0.1, 0.15) is 29.9 Å². The number of benzene rings is 2. The summed E-state index contributed by atoms with van der Waals surface area (Å²) in [5, 5.41) is 17.8. The summed E-state index contributed by atoms with van der Waals surface area (Å²) >= 11 is 0. The highest BCUT2D eigenvalue weighted by atomic mass is 19.1. The summed E-state index contributed by atoms with van der Waals surface area (Å²) in [5.74, 6) is 0.990. The van der Waals surface area contributed by atoms with Crippen LogP contribution in [0, 0.1) is 11.7 Å². The molecule has 2 heterocycles. The van der Waals surface area contributed by atoms with Gasteiger partial charge in [0.2, 0.25) is 5.91 Å². The van der Waals surface area contributed by atoms with Gasteiger partial charge in [-0.3, -0.25) is 4.79 Å². The number of rotatable bonds is 7. The standard InChI is InChI=1S/C25H29FN6O3/c1-34-22-9-4-17(24-28-30-31-29-24)14-18(22)15-27-21-8-7-20(25(33)32-10-12-35-13-11-32)23(21)16-2-5-19(26)6-3-16/h2-6,9,14,20-21,23,27H,7-8,10-13,15H2,1H3,(H,28,29,30,31)/t20-,21-,23+/m0/s1. The number of carbonyl (C=O) groups is 1. The van der Waals surface area contributed by atoms with E-state index in [9.17, 15) is 9.18 Å². The second kappa shape index (κ2) is 10.5. The Hall–Kier alpha value is -3.37. The molecule has 3 aromatic rings. The highest BCUT2D eigenvalue weighted by Crippen LogP contribution is 2.41. The number of hydrogen-bond acceptors (Lipinski definition) is 7. The number of ether oxygens (including phenoxy) is 2. The molecule has 0 radical (unpaired) electrons. The second-order valence-electron chi connectivity index (χ2n) is 8.96. The molecule has 2 aromatic carbocycles. The molecule has 1 amide bonds. The van der Waals surface area contributed by atoms with Crippen molar-refractivity contribution in [3.63, 3.8) is 0 Å². The zero-order valence-electron chi connectivity index (χ0n) is 19.6. The Balaban J connectivity index is 1.38. The Morgan fingerprint density at radius 3 is 2.71 bits per heavy atom. The summed E-state index contributed by atoms with van der Waals surface area (Å²) in [6.07, 6.45) is 1.62. The van der Waals surface area contributed by atoms with Gasteiger partial charge in [0.15, 0.2) is 5.82 Å². The number of amides is 1. The minimum absolute atomic E-state index is 0.0516. The Labute approximate surface area is 203 Å². The van der Waals surface area contributed by atoms with Gasteiger partial charge in [-0.25, -0.2) is 9.49 Å². The molecule has 0 bridgehead atoms. The van der Waals surface area contributed by atoms with E-state index < -0.39 is 0 Å². The van der Waals surface area contributed by atoms with E-state index in [-0.39, 0.29) is 29.6 Å². The lowest BCUT2D eigenvalue weighted by atomic mass is 9.85. The zero-order chi connectivity index (χ0) is 24.2. The van der Waals surface area contributed by atoms with Crippen LogP contribution in [0.15, 0.2) is 42.5 Å². The predicted molar refractivity (Wildman–Crippen MR) is 126 cm³/mol. The Bertz CT molecular complexity index is 1130. The number of tetrazole rings is 1. The van der Waals surface area contributed by atoms with Gasteiger partial charge in [0.05, 0.1) is 20.3 Å². The molecule has 2 N–H and O–H groups in total. The fourth-order valence-electron chi connectivity index (χ4n) is 5.26. The van der Waals surface area contributed by atoms with Crippen LogP contribution in [-0.2, 0) is 16.1 Å². The van der Waals surface area contributed by atoms with Crippen LogP contribution in [0.2, 0.25) is 0 Å². The van der Waals surface area contributed by atoms with E-state index in [1.165, 1.54) is 12.1 Å². The van der Waals surface area contributed by atoms with Crippen molar-refractivity contribution < 1.29 is 18.7 Å². The molecule has 0 spiro atoms. The first kappa shape index (κ1) is 23.4. The van der Waals surface area contributed by atoms with Gasteiger partial charge in [-0.2, -0.15) is 0 Å². The van der Waals surface area contributed by atoms with Crippen LogP contribution in [0.25, 0.3) is 11.4 Å². The highest BCUT2D eigenvalue weighted by Gasteiger charge is 2.42.